The first-order valence-electron chi connectivity index (χ1n) is 3.90. The maximum absolute atomic E-state index is 11.2. The molecule has 6 heteroatoms. The van der Waals surface area contributed by atoms with Gasteiger partial charge in [0.2, 0.25) is 0 Å². The van der Waals surface area contributed by atoms with Crippen molar-refractivity contribution in [3.05, 3.63) is 35.4 Å². The number of hydrogen-bond acceptors (Lipinski definition) is 6. The van der Waals surface area contributed by atoms with Gasteiger partial charge in [-0.2, -0.15) is 10.1 Å². The van der Waals surface area contributed by atoms with Crippen LogP contribution in [0.4, 0.5) is 0 Å². The van der Waals surface area contributed by atoms with Gasteiger partial charge in [0, 0.05) is 0 Å². The Morgan fingerprint density at radius 3 is 2.13 bits per heavy atom. The Balaban J connectivity index is 3.06. The van der Waals surface area contributed by atoms with Crippen molar-refractivity contribution in [3.63, 3.8) is 0 Å². The third-order valence-corrected chi connectivity index (χ3v) is 1.61. The molecule has 0 amide bonds. The van der Waals surface area contributed by atoms with Gasteiger partial charge in [0.15, 0.2) is 0 Å². The van der Waals surface area contributed by atoms with Gasteiger partial charge in [0.05, 0.1) is 18.2 Å². The third kappa shape index (κ3) is 2.52. The van der Waals surface area contributed by atoms with E-state index in [9.17, 15) is 9.59 Å². The van der Waals surface area contributed by atoms with Crippen LogP contribution >= 0.6 is 0 Å². The summed E-state index contributed by atoms with van der Waals surface area (Å²) in [6, 6.07) is 5.69. The molecule has 0 unspecified atom stereocenters. The number of rotatable bonds is 3. The Bertz CT molecular complexity index is 373. The molecular formula is C9H8O6. The molecule has 1 aromatic carbocycles. The Labute approximate surface area is 84.8 Å². The molecule has 0 aromatic heterocycles. The molecule has 6 nitrogen and oxygen atoms in total. The van der Waals surface area contributed by atoms with Crippen molar-refractivity contribution in [2.24, 2.45) is 0 Å². The topological polar surface area (TPSA) is 82.1 Å². The Morgan fingerprint density at radius 1 is 1.13 bits per heavy atom. The van der Waals surface area contributed by atoms with Crippen LogP contribution in [0.3, 0.4) is 0 Å². The summed E-state index contributed by atoms with van der Waals surface area (Å²) in [4.78, 5) is 34.2. The zero-order chi connectivity index (χ0) is 11.3. The van der Waals surface area contributed by atoms with Gasteiger partial charge in [-0.1, -0.05) is 12.1 Å². The Hall–Kier alpha value is -1.92. The quantitative estimate of drug-likeness (QED) is 0.595. The lowest BCUT2D eigenvalue weighted by atomic mass is 10.1. The molecule has 0 fully saturated rings. The van der Waals surface area contributed by atoms with E-state index < -0.39 is 11.9 Å². The Kier molecular flexibility index (Phi) is 3.78. The van der Waals surface area contributed by atoms with Crippen molar-refractivity contribution in [2.75, 3.05) is 7.11 Å². The number of benzene rings is 1. The van der Waals surface area contributed by atoms with E-state index in [0.29, 0.717) is 0 Å². The van der Waals surface area contributed by atoms with Crippen molar-refractivity contribution in [1.82, 2.24) is 0 Å². The zero-order valence-electron chi connectivity index (χ0n) is 7.80. The van der Waals surface area contributed by atoms with Crippen LogP contribution in [0.15, 0.2) is 24.3 Å². The zero-order valence-corrected chi connectivity index (χ0v) is 7.80. The van der Waals surface area contributed by atoms with Crippen LogP contribution in [0.1, 0.15) is 20.7 Å². The molecule has 0 radical (unpaired) electrons. The summed E-state index contributed by atoms with van der Waals surface area (Å²) < 4.78 is 0. The lowest BCUT2D eigenvalue weighted by molar-refractivity contribution is -0.216. The van der Waals surface area contributed by atoms with Gasteiger partial charge in [-0.05, 0) is 12.1 Å². The van der Waals surface area contributed by atoms with Crippen molar-refractivity contribution < 1.29 is 29.5 Å². The smallest absolute Gasteiger partial charge is 0.295 e. The fourth-order valence-electron chi connectivity index (χ4n) is 1.01. The number of hydrogen-bond donors (Lipinski definition) is 1. The first-order chi connectivity index (χ1) is 7.20. The molecule has 1 rings (SSSR count). The van der Waals surface area contributed by atoms with E-state index in [0.717, 1.165) is 7.11 Å². The van der Waals surface area contributed by atoms with Crippen LogP contribution in [-0.2, 0) is 14.7 Å². The standard InChI is InChI=1S/C9H8O6/c1-13-15-9(11)7-5-3-2-4-6(7)8(10)14-12/h2-5,12H,1H3. The summed E-state index contributed by atoms with van der Waals surface area (Å²) in [5.74, 6) is -1.89. The van der Waals surface area contributed by atoms with Crippen molar-refractivity contribution in [3.8, 4) is 0 Å². The predicted octanol–water partition coefficient (Wildman–Crippen LogP) is 1.03. The van der Waals surface area contributed by atoms with Gasteiger partial charge in [-0.3, -0.25) is 9.78 Å². The largest absolute Gasteiger partial charge is 0.373 e. The molecule has 0 aliphatic rings. The second-order valence-corrected chi connectivity index (χ2v) is 2.46. The van der Waals surface area contributed by atoms with E-state index in [1.165, 1.54) is 24.3 Å². The monoisotopic (exact) mass is 212 g/mol. The van der Waals surface area contributed by atoms with E-state index in [1.807, 2.05) is 0 Å². The molecule has 0 aliphatic heterocycles. The average Bonchev–Trinajstić information content (AvgIpc) is 2.28. The van der Waals surface area contributed by atoms with Crippen molar-refractivity contribution >= 4 is 11.9 Å². The molecule has 0 aliphatic carbocycles. The lowest BCUT2D eigenvalue weighted by Crippen LogP contribution is -2.12. The van der Waals surface area contributed by atoms with Gasteiger partial charge in [0.25, 0.3) is 0 Å². The predicted molar refractivity (Wildman–Crippen MR) is 46.9 cm³/mol. The molecule has 80 valence electrons. The lowest BCUT2D eigenvalue weighted by Gasteiger charge is -2.03. The molecule has 1 aromatic rings. The van der Waals surface area contributed by atoms with Crippen molar-refractivity contribution in [1.29, 1.82) is 0 Å². The van der Waals surface area contributed by atoms with Crippen LogP contribution in [0, 0.1) is 0 Å². The van der Waals surface area contributed by atoms with Gasteiger partial charge >= 0.3 is 11.9 Å². The molecule has 1 N–H and O–H groups in total. The van der Waals surface area contributed by atoms with Crippen LogP contribution in [0.5, 0.6) is 0 Å². The third-order valence-electron chi connectivity index (χ3n) is 1.61. The highest BCUT2D eigenvalue weighted by molar-refractivity contribution is 6.02. The van der Waals surface area contributed by atoms with Gasteiger partial charge < -0.3 is 0 Å². The number of carbonyl (C=O) groups excluding carboxylic acids is 2. The average molecular weight is 212 g/mol. The SMILES string of the molecule is COOC(=O)c1ccccc1C(=O)OO. The fourth-order valence-corrected chi connectivity index (χ4v) is 1.01. The summed E-state index contributed by atoms with van der Waals surface area (Å²) in [6.45, 7) is 0. The maximum atomic E-state index is 11.2. The van der Waals surface area contributed by atoms with E-state index >= 15 is 0 Å². The van der Waals surface area contributed by atoms with Crippen LogP contribution in [0.2, 0.25) is 0 Å². The molecule has 0 saturated carbocycles. The van der Waals surface area contributed by atoms with Crippen molar-refractivity contribution in [2.45, 2.75) is 0 Å². The molecule has 0 saturated heterocycles. The minimum atomic E-state index is -1.04. The highest BCUT2D eigenvalue weighted by Gasteiger charge is 2.19. The van der Waals surface area contributed by atoms with Gasteiger partial charge in [0.1, 0.15) is 0 Å². The van der Waals surface area contributed by atoms with Gasteiger partial charge in [-0.25, -0.2) is 9.59 Å². The van der Waals surface area contributed by atoms with E-state index in [2.05, 4.69) is 14.7 Å². The van der Waals surface area contributed by atoms with Crippen LogP contribution in [-0.4, -0.2) is 24.3 Å². The van der Waals surface area contributed by atoms with E-state index in [-0.39, 0.29) is 11.1 Å². The summed E-state index contributed by atoms with van der Waals surface area (Å²) in [5.41, 5.74) is -0.166. The van der Waals surface area contributed by atoms with Crippen LogP contribution < -0.4 is 0 Å². The first kappa shape index (κ1) is 11.2. The Morgan fingerprint density at radius 2 is 1.67 bits per heavy atom. The molecule has 15 heavy (non-hydrogen) atoms. The van der Waals surface area contributed by atoms with Gasteiger partial charge in [-0.15, -0.1) is 0 Å². The first-order valence-corrected chi connectivity index (χ1v) is 3.90. The minimum absolute atomic E-state index is 0.0570. The summed E-state index contributed by atoms with van der Waals surface area (Å²) in [6.07, 6.45) is 0. The second kappa shape index (κ2) is 5.08. The molecule has 0 spiro atoms. The molecule has 0 bridgehead atoms. The summed E-state index contributed by atoms with van der Waals surface area (Å²) >= 11 is 0. The maximum Gasteiger partial charge on any atom is 0.373 e. The molecule has 0 heterocycles. The highest BCUT2D eigenvalue weighted by Crippen LogP contribution is 2.11. The molecular weight excluding hydrogens is 204 g/mol. The second-order valence-electron chi connectivity index (χ2n) is 2.46. The summed E-state index contributed by atoms with van der Waals surface area (Å²) in [5, 5.41) is 8.19. The normalized spacial score (nSPS) is 9.47. The number of carbonyl (C=O) groups is 2. The summed E-state index contributed by atoms with van der Waals surface area (Å²) in [7, 11) is 1.16. The fraction of sp³-hybridized carbons (Fsp3) is 0.111. The van der Waals surface area contributed by atoms with E-state index in [4.69, 9.17) is 5.26 Å². The highest BCUT2D eigenvalue weighted by atomic mass is 17.2. The van der Waals surface area contributed by atoms with Crippen LogP contribution in [0.25, 0.3) is 0 Å². The minimum Gasteiger partial charge on any atom is -0.295 e. The molecule has 0 atom stereocenters. The van der Waals surface area contributed by atoms with E-state index in [1.54, 1.807) is 0 Å².